The summed E-state index contributed by atoms with van der Waals surface area (Å²) in [7, 11) is -12.3. The van der Waals surface area contributed by atoms with Gasteiger partial charge in [-0.1, -0.05) is 146 Å². The molecular formula is C40H36N2O8P4. The Morgan fingerprint density at radius 3 is 0.963 bits per heavy atom. The Kier molecular flexibility index (Phi) is 12.5. The molecule has 2 amide bonds. The number of carbonyl (C=O) groups is 2. The lowest BCUT2D eigenvalue weighted by atomic mass is 10.0. The first-order valence-corrected chi connectivity index (χ1v) is 22.9. The number of hydrogen-bond donors (Lipinski definition) is 6. The van der Waals surface area contributed by atoms with Crippen LogP contribution >= 0.6 is 31.0 Å². The molecular weight excluding hydrogens is 760 g/mol. The molecule has 6 aromatic carbocycles. The molecule has 54 heavy (non-hydrogen) atoms. The molecule has 6 N–H and O–H groups in total. The second-order valence-electron chi connectivity index (χ2n) is 12.2. The minimum Gasteiger partial charge on any atom is -0.325 e. The van der Waals surface area contributed by atoms with Crippen molar-refractivity contribution in [2.75, 3.05) is 23.0 Å². The molecule has 0 spiro atoms. The van der Waals surface area contributed by atoms with E-state index < -0.39 is 55.2 Å². The fraction of sp³-hybridized carbons (Fsp3) is 0.0500. The van der Waals surface area contributed by atoms with Gasteiger partial charge >= 0.3 is 15.2 Å². The van der Waals surface area contributed by atoms with Crippen LogP contribution in [0.1, 0.15) is 0 Å². The van der Waals surface area contributed by atoms with Gasteiger partial charge in [-0.15, -0.1) is 0 Å². The topological polar surface area (TPSA) is 173 Å². The first kappa shape index (κ1) is 39.1. The summed E-state index contributed by atoms with van der Waals surface area (Å²) in [6, 6.07) is 49.9. The summed E-state index contributed by atoms with van der Waals surface area (Å²) in [5.74, 6) is -1.83. The summed E-state index contributed by atoms with van der Waals surface area (Å²) in [6.07, 6.45) is -2.12. The summed E-state index contributed by atoms with van der Waals surface area (Å²) in [6.45, 7) is 0. The number of carbonyl (C=O) groups excluding carboxylic acids is 2. The maximum atomic E-state index is 13.4. The highest BCUT2D eigenvalue weighted by atomic mass is 31.2. The Hall–Kier alpha value is -4.58. The van der Waals surface area contributed by atoms with Gasteiger partial charge in [-0.3, -0.25) is 18.7 Å². The molecule has 0 fully saturated rings. The smallest absolute Gasteiger partial charge is 0.325 e. The molecule has 10 nitrogen and oxygen atoms in total. The Labute approximate surface area is 315 Å². The quantitative estimate of drug-likeness (QED) is 0.0877. The van der Waals surface area contributed by atoms with Crippen molar-refractivity contribution < 1.29 is 38.3 Å². The van der Waals surface area contributed by atoms with E-state index >= 15 is 0 Å². The molecule has 0 radical (unpaired) electrons. The number of rotatable bonds is 13. The van der Waals surface area contributed by atoms with Crippen molar-refractivity contribution in [3.63, 3.8) is 0 Å². The monoisotopic (exact) mass is 796 g/mol. The second-order valence-corrected chi connectivity index (χ2v) is 19.8. The van der Waals surface area contributed by atoms with Crippen LogP contribution < -0.4 is 42.5 Å². The zero-order valence-corrected chi connectivity index (χ0v) is 32.2. The van der Waals surface area contributed by atoms with Crippen molar-refractivity contribution in [1.82, 2.24) is 0 Å². The van der Waals surface area contributed by atoms with Gasteiger partial charge in [0.1, 0.15) is 12.3 Å². The second kappa shape index (κ2) is 17.3. The van der Waals surface area contributed by atoms with Crippen LogP contribution in [0.3, 0.4) is 0 Å². The van der Waals surface area contributed by atoms with Crippen molar-refractivity contribution in [2.45, 2.75) is 0 Å². The summed E-state index contributed by atoms with van der Waals surface area (Å²) in [5.41, 5.74) is 1.44. The lowest BCUT2D eigenvalue weighted by molar-refractivity contribution is -0.115. The van der Waals surface area contributed by atoms with E-state index in [4.69, 9.17) is 0 Å². The molecule has 0 aliphatic rings. The predicted octanol–water partition coefficient (Wildman–Crippen LogP) is 5.10. The van der Waals surface area contributed by atoms with Crippen molar-refractivity contribution in [2.24, 2.45) is 0 Å². The number of hydrogen-bond acceptors (Lipinski definition) is 4. The third-order valence-electron chi connectivity index (χ3n) is 8.12. The maximum Gasteiger partial charge on any atom is 0.334 e. The normalized spacial score (nSPS) is 11.7. The third kappa shape index (κ3) is 9.93. The van der Waals surface area contributed by atoms with Crippen LogP contribution in [-0.4, -0.2) is 43.7 Å². The Morgan fingerprint density at radius 2 is 0.704 bits per heavy atom. The van der Waals surface area contributed by atoms with Crippen LogP contribution in [0.5, 0.6) is 0 Å². The van der Waals surface area contributed by atoms with Gasteiger partial charge in [0.15, 0.2) is 0 Å². The Bertz CT molecular complexity index is 2090. The highest BCUT2D eigenvalue weighted by Gasteiger charge is 2.31. The van der Waals surface area contributed by atoms with Crippen molar-refractivity contribution in [3.8, 4) is 11.1 Å². The van der Waals surface area contributed by atoms with Crippen LogP contribution in [0.4, 0.5) is 11.4 Å². The Morgan fingerprint density at radius 1 is 0.426 bits per heavy atom. The summed E-state index contributed by atoms with van der Waals surface area (Å²) < 4.78 is 24.0. The molecule has 0 aliphatic heterocycles. The molecule has 0 bridgehead atoms. The first-order valence-electron chi connectivity index (χ1n) is 16.6. The van der Waals surface area contributed by atoms with E-state index in [2.05, 4.69) is 10.6 Å². The molecule has 14 heteroatoms. The van der Waals surface area contributed by atoms with E-state index in [0.29, 0.717) is 11.1 Å². The summed E-state index contributed by atoms with van der Waals surface area (Å²) in [4.78, 5) is 65.7. The number of amides is 2. The third-order valence-corrected chi connectivity index (χ3v) is 14.5. The van der Waals surface area contributed by atoms with Gasteiger partial charge < -0.3 is 30.2 Å². The highest BCUT2D eigenvalue weighted by molar-refractivity contribution is 7.80. The summed E-state index contributed by atoms with van der Waals surface area (Å²) in [5, 5.41) is 10.9. The fourth-order valence-electron chi connectivity index (χ4n) is 6.10. The van der Waals surface area contributed by atoms with Crippen molar-refractivity contribution in [1.29, 1.82) is 0 Å². The van der Waals surface area contributed by atoms with E-state index in [-0.39, 0.29) is 11.4 Å². The minimum atomic E-state index is -4.76. The van der Waals surface area contributed by atoms with Gasteiger partial charge in [0.25, 0.3) is 0 Å². The zero-order valence-electron chi connectivity index (χ0n) is 28.6. The van der Waals surface area contributed by atoms with Gasteiger partial charge in [0.05, 0.1) is 0 Å². The molecule has 274 valence electrons. The van der Waals surface area contributed by atoms with Crippen molar-refractivity contribution >= 4 is 86.1 Å². The van der Waals surface area contributed by atoms with Crippen LogP contribution in [0.2, 0.25) is 0 Å². The number of anilines is 2. The molecule has 0 heterocycles. The lowest BCUT2D eigenvalue weighted by Gasteiger charge is -2.29. The Balaban J connectivity index is 1.73. The van der Waals surface area contributed by atoms with Crippen LogP contribution in [0, 0.1) is 0 Å². The zero-order chi connectivity index (χ0) is 38.3. The average Bonchev–Trinajstić information content (AvgIpc) is 3.13. The van der Waals surface area contributed by atoms with Crippen LogP contribution in [0.15, 0.2) is 158 Å². The standard InChI is InChI=1S/C40H36N2O8P4/c43-37(27-53(45,46)47)41-33-23-13-25-35(51(29-15-5-1-6-16-29)30-17-7-2-8-18-30)39(33)40-34(42-38(44)28-54(48,49)50)24-14-26-36(40)52(31-19-9-3-10-20-31)32-21-11-4-12-22-32/h1-26H,27-28H2,(H,41,43)(H,42,44)(H2,45,46,47)(H2,48,49,50). The van der Waals surface area contributed by atoms with E-state index in [1.807, 2.05) is 133 Å². The van der Waals surface area contributed by atoms with E-state index in [1.54, 1.807) is 24.3 Å². The largest absolute Gasteiger partial charge is 0.334 e. The van der Waals surface area contributed by atoms with Gasteiger partial charge in [0.2, 0.25) is 11.8 Å². The number of benzene rings is 6. The minimum absolute atomic E-state index is 0.235. The number of nitrogens with one attached hydrogen (secondary N) is 2. The van der Waals surface area contributed by atoms with E-state index in [1.165, 1.54) is 0 Å². The van der Waals surface area contributed by atoms with Crippen molar-refractivity contribution in [3.05, 3.63) is 158 Å². The van der Waals surface area contributed by atoms with Gasteiger partial charge in [-0.2, -0.15) is 0 Å². The molecule has 0 saturated heterocycles. The fourth-order valence-corrected chi connectivity index (χ4v) is 12.0. The maximum absolute atomic E-state index is 13.4. The molecule has 0 unspecified atom stereocenters. The highest BCUT2D eigenvalue weighted by Crippen LogP contribution is 2.46. The molecule has 6 aromatic rings. The molecule has 6 rings (SSSR count). The molecule has 0 aliphatic carbocycles. The van der Waals surface area contributed by atoms with Gasteiger partial charge in [-0.25, -0.2) is 0 Å². The molecule has 0 atom stereocenters. The van der Waals surface area contributed by atoms with Crippen LogP contribution in [0.25, 0.3) is 11.1 Å². The molecule has 0 aromatic heterocycles. The van der Waals surface area contributed by atoms with E-state index in [9.17, 15) is 38.3 Å². The lowest BCUT2D eigenvalue weighted by Crippen LogP contribution is -2.28. The van der Waals surface area contributed by atoms with Gasteiger partial charge in [-0.05, 0) is 59.8 Å². The SMILES string of the molecule is O=C(CP(=O)(O)O)Nc1cccc(P(c2ccccc2)c2ccccc2)c1-c1c(NC(=O)CP(=O)(O)O)cccc1P(c1ccccc1)c1ccccc1. The first-order chi connectivity index (χ1) is 25.9. The van der Waals surface area contributed by atoms with Gasteiger partial charge in [0, 0.05) is 22.5 Å². The van der Waals surface area contributed by atoms with Crippen LogP contribution in [-0.2, 0) is 18.7 Å². The predicted molar refractivity (Wildman–Crippen MR) is 220 cm³/mol. The summed E-state index contributed by atoms with van der Waals surface area (Å²) >= 11 is 0. The van der Waals surface area contributed by atoms with E-state index in [0.717, 1.165) is 31.8 Å². The molecule has 0 saturated carbocycles. The average molecular weight is 797 g/mol.